The Morgan fingerprint density at radius 1 is 1.29 bits per heavy atom. The molecule has 2 aromatic rings. The van der Waals surface area contributed by atoms with Crippen LogP contribution in [0.2, 0.25) is 0 Å². The molecule has 0 aliphatic heterocycles. The van der Waals surface area contributed by atoms with Crippen molar-refractivity contribution in [1.82, 2.24) is 15.1 Å². The lowest BCUT2D eigenvalue weighted by Gasteiger charge is -2.10. The van der Waals surface area contributed by atoms with Crippen LogP contribution in [0.15, 0.2) is 30.3 Å². The van der Waals surface area contributed by atoms with Crippen LogP contribution in [0.3, 0.4) is 0 Å². The zero-order valence-corrected chi connectivity index (χ0v) is 13.2. The average Bonchev–Trinajstić information content (AvgIpc) is 2.82. The predicted molar refractivity (Wildman–Crippen MR) is 84.9 cm³/mol. The largest absolute Gasteiger partial charge is 0.352 e. The van der Waals surface area contributed by atoms with Crippen LogP contribution in [0, 0.1) is 12.8 Å². The van der Waals surface area contributed by atoms with Crippen LogP contribution in [0.4, 0.5) is 0 Å². The molecule has 0 fully saturated rings. The predicted octanol–water partition coefficient (Wildman–Crippen LogP) is 3.13. The minimum Gasteiger partial charge on any atom is -0.352 e. The fourth-order valence-electron chi connectivity index (χ4n) is 2.36. The number of nitrogens with zero attached hydrogens (tertiary/aromatic N) is 2. The van der Waals surface area contributed by atoms with E-state index in [1.54, 1.807) is 0 Å². The molecule has 1 aromatic heterocycles. The highest BCUT2D eigenvalue weighted by atomic mass is 16.1. The zero-order valence-electron chi connectivity index (χ0n) is 13.2. The Balaban J connectivity index is 2.39. The molecular formula is C17H23N3O. The molecule has 0 radical (unpaired) electrons. The molecule has 0 bridgehead atoms. The van der Waals surface area contributed by atoms with Crippen molar-refractivity contribution in [2.75, 3.05) is 6.54 Å². The van der Waals surface area contributed by atoms with E-state index < -0.39 is 0 Å². The van der Waals surface area contributed by atoms with Crippen molar-refractivity contribution in [3.05, 3.63) is 47.3 Å². The van der Waals surface area contributed by atoms with E-state index in [1.165, 1.54) is 0 Å². The summed E-state index contributed by atoms with van der Waals surface area (Å²) in [6.45, 7) is 8.79. The van der Waals surface area contributed by atoms with Gasteiger partial charge in [0.15, 0.2) is 0 Å². The third-order valence-corrected chi connectivity index (χ3v) is 3.39. The zero-order chi connectivity index (χ0) is 15.4. The molecule has 4 heteroatoms. The third-order valence-electron chi connectivity index (χ3n) is 3.39. The second-order valence-electron chi connectivity index (χ2n) is 5.61. The molecule has 0 aliphatic carbocycles. The normalized spacial score (nSPS) is 10.9. The summed E-state index contributed by atoms with van der Waals surface area (Å²) in [4.78, 5) is 12.4. The number of carbonyl (C=O) groups excluding carboxylic acids is 1. The molecule has 2 rings (SSSR count). The number of rotatable bonds is 5. The quantitative estimate of drug-likeness (QED) is 0.917. The van der Waals surface area contributed by atoms with Gasteiger partial charge in [0.25, 0.3) is 5.91 Å². The topological polar surface area (TPSA) is 46.9 Å². The average molecular weight is 285 g/mol. The summed E-state index contributed by atoms with van der Waals surface area (Å²) in [5.41, 5.74) is 3.43. The van der Waals surface area contributed by atoms with Gasteiger partial charge in [0.1, 0.15) is 0 Å². The lowest BCUT2D eigenvalue weighted by atomic mass is 10.1. The molecule has 0 saturated heterocycles. The van der Waals surface area contributed by atoms with E-state index in [1.807, 2.05) is 41.9 Å². The molecule has 0 aliphatic rings. The van der Waals surface area contributed by atoms with Gasteiger partial charge < -0.3 is 5.32 Å². The van der Waals surface area contributed by atoms with E-state index in [4.69, 9.17) is 0 Å². The molecule has 0 unspecified atom stereocenters. The summed E-state index contributed by atoms with van der Waals surface area (Å²) < 4.78 is 1.87. The van der Waals surface area contributed by atoms with Crippen LogP contribution in [0.5, 0.6) is 0 Å². The van der Waals surface area contributed by atoms with Gasteiger partial charge >= 0.3 is 0 Å². The van der Waals surface area contributed by atoms with Gasteiger partial charge in [0.05, 0.1) is 22.6 Å². The van der Waals surface area contributed by atoms with Crippen molar-refractivity contribution >= 4 is 5.91 Å². The maximum Gasteiger partial charge on any atom is 0.255 e. The Morgan fingerprint density at radius 2 is 1.95 bits per heavy atom. The highest BCUT2D eigenvalue weighted by molar-refractivity contribution is 5.96. The second-order valence-corrected chi connectivity index (χ2v) is 5.61. The van der Waals surface area contributed by atoms with Gasteiger partial charge in [-0.1, -0.05) is 39.0 Å². The highest BCUT2D eigenvalue weighted by Crippen LogP contribution is 2.19. The highest BCUT2D eigenvalue weighted by Gasteiger charge is 2.20. The summed E-state index contributed by atoms with van der Waals surface area (Å²) in [5.74, 6) is 0.406. The van der Waals surface area contributed by atoms with Crippen molar-refractivity contribution in [3.8, 4) is 5.69 Å². The Kier molecular flexibility index (Phi) is 4.78. The fraction of sp³-hybridized carbons (Fsp3) is 0.412. The van der Waals surface area contributed by atoms with Gasteiger partial charge in [-0.25, -0.2) is 4.68 Å². The lowest BCUT2D eigenvalue weighted by Crippen LogP contribution is -2.28. The Labute approximate surface area is 126 Å². The molecule has 1 heterocycles. The lowest BCUT2D eigenvalue weighted by molar-refractivity contribution is 0.0947. The van der Waals surface area contributed by atoms with Crippen molar-refractivity contribution in [1.29, 1.82) is 0 Å². The van der Waals surface area contributed by atoms with E-state index in [2.05, 4.69) is 31.2 Å². The van der Waals surface area contributed by atoms with E-state index in [0.29, 0.717) is 18.0 Å². The Morgan fingerprint density at radius 3 is 2.52 bits per heavy atom. The summed E-state index contributed by atoms with van der Waals surface area (Å²) in [6.07, 6.45) is 0.764. The molecule has 0 saturated carbocycles. The molecule has 0 spiro atoms. The summed E-state index contributed by atoms with van der Waals surface area (Å²) >= 11 is 0. The van der Waals surface area contributed by atoms with E-state index >= 15 is 0 Å². The van der Waals surface area contributed by atoms with Crippen LogP contribution in [-0.2, 0) is 6.42 Å². The minimum absolute atomic E-state index is 0.0276. The van der Waals surface area contributed by atoms with E-state index in [9.17, 15) is 4.79 Å². The van der Waals surface area contributed by atoms with Crippen LogP contribution in [0.1, 0.15) is 42.5 Å². The van der Waals surface area contributed by atoms with E-state index in [-0.39, 0.29) is 5.91 Å². The number of para-hydroxylation sites is 1. The van der Waals surface area contributed by atoms with Gasteiger partial charge in [0, 0.05) is 6.54 Å². The molecule has 4 nitrogen and oxygen atoms in total. The minimum atomic E-state index is -0.0276. The van der Waals surface area contributed by atoms with Crippen molar-refractivity contribution < 1.29 is 4.79 Å². The number of aromatic nitrogens is 2. The third kappa shape index (κ3) is 3.32. The number of amides is 1. The standard InChI is InChI=1S/C17H23N3O/c1-5-15-16(17(21)18-11-12(2)3)13(4)19-20(15)14-9-7-6-8-10-14/h6-10,12H,5,11H2,1-4H3,(H,18,21). The number of carbonyl (C=O) groups is 1. The van der Waals surface area contributed by atoms with Gasteiger partial charge in [-0.15, -0.1) is 0 Å². The molecule has 1 N–H and O–H groups in total. The van der Waals surface area contributed by atoms with Gasteiger partial charge in [-0.05, 0) is 31.4 Å². The van der Waals surface area contributed by atoms with Crippen LogP contribution in [0.25, 0.3) is 5.69 Å². The number of hydrogen-bond donors (Lipinski definition) is 1. The summed E-state index contributed by atoms with van der Waals surface area (Å²) in [6, 6.07) is 9.93. The van der Waals surface area contributed by atoms with Crippen molar-refractivity contribution in [3.63, 3.8) is 0 Å². The smallest absolute Gasteiger partial charge is 0.255 e. The first-order valence-electron chi connectivity index (χ1n) is 7.46. The Hall–Kier alpha value is -2.10. The maximum absolute atomic E-state index is 12.4. The van der Waals surface area contributed by atoms with E-state index in [0.717, 1.165) is 23.5 Å². The first-order chi connectivity index (χ1) is 10.0. The molecule has 1 aromatic carbocycles. The van der Waals surface area contributed by atoms with Gasteiger partial charge in [0.2, 0.25) is 0 Å². The van der Waals surface area contributed by atoms with Gasteiger partial charge in [-0.3, -0.25) is 4.79 Å². The number of nitrogens with one attached hydrogen (secondary N) is 1. The number of benzene rings is 1. The summed E-state index contributed by atoms with van der Waals surface area (Å²) in [7, 11) is 0. The molecular weight excluding hydrogens is 262 g/mol. The molecule has 1 amide bonds. The van der Waals surface area contributed by atoms with Crippen LogP contribution < -0.4 is 5.32 Å². The SMILES string of the molecule is CCc1c(C(=O)NCC(C)C)c(C)nn1-c1ccccc1. The maximum atomic E-state index is 12.4. The van der Waals surface area contributed by atoms with Crippen LogP contribution >= 0.6 is 0 Å². The van der Waals surface area contributed by atoms with Crippen molar-refractivity contribution in [2.45, 2.75) is 34.1 Å². The number of aryl methyl sites for hydroxylation is 1. The first-order valence-corrected chi connectivity index (χ1v) is 7.46. The molecule has 21 heavy (non-hydrogen) atoms. The monoisotopic (exact) mass is 285 g/mol. The number of hydrogen-bond acceptors (Lipinski definition) is 2. The van der Waals surface area contributed by atoms with Crippen LogP contribution in [-0.4, -0.2) is 22.2 Å². The van der Waals surface area contributed by atoms with Gasteiger partial charge in [-0.2, -0.15) is 5.10 Å². The van der Waals surface area contributed by atoms with Crippen molar-refractivity contribution in [2.24, 2.45) is 5.92 Å². The Bertz CT molecular complexity index is 614. The first kappa shape index (κ1) is 15.3. The molecule has 112 valence electrons. The second kappa shape index (κ2) is 6.57. The molecule has 0 atom stereocenters. The summed E-state index contributed by atoms with van der Waals surface area (Å²) in [5, 5.41) is 7.54. The fourth-order valence-corrected chi connectivity index (χ4v) is 2.36.